The molecule has 0 aliphatic rings. The van der Waals surface area contributed by atoms with Crippen LogP contribution in [0.25, 0.3) is 22.7 Å². The first-order valence-corrected chi connectivity index (χ1v) is 5.80. The molecule has 4 heteroatoms. The van der Waals surface area contributed by atoms with E-state index in [9.17, 15) is 0 Å². The molecular formula is C14H13N3O. The molecule has 3 rings (SSSR count). The zero-order chi connectivity index (χ0) is 12.5. The maximum absolute atomic E-state index is 5.65. The van der Waals surface area contributed by atoms with Crippen LogP contribution in [0.1, 0.15) is 11.3 Å². The van der Waals surface area contributed by atoms with E-state index in [-0.39, 0.29) is 0 Å². The highest BCUT2D eigenvalue weighted by Gasteiger charge is 2.08. The fraction of sp³-hybridized carbons (Fsp3) is 0.143. The molecule has 2 N–H and O–H groups in total. The van der Waals surface area contributed by atoms with Crippen LogP contribution in [0.5, 0.6) is 0 Å². The smallest absolute Gasteiger partial charge is 0.247 e. The normalized spacial score (nSPS) is 11.0. The summed E-state index contributed by atoms with van der Waals surface area (Å²) in [5.41, 5.74) is 9.86. The molecule has 0 spiro atoms. The molecule has 2 heterocycles. The molecule has 18 heavy (non-hydrogen) atoms. The monoisotopic (exact) mass is 239 g/mol. The summed E-state index contributed by atoms with van der Waals surface area (Å²) < 4.78 is 5.65. The molecular weight excluding hydrogens is 226 g/mol. The number of nitrogens with zero attached hydrogens (tertiary/aromatic N) is 2. The predicted octanol–water partition coefficient (Wildman–Crippen LogP) is 2.66. The van der Waals surface area contributed by atoms with Gasteiger partial charge in [-0.25, -0.2) is 9.97 Å². The fourth-order valence-electron chi connectivity index (χ4n) is 1.82. The van der Waals surface area contributed by atoms with Crippen LogP contribution in [0.4, 0.5) is 0 Å². The fourth-order valence-corrected chi connectivity index (χ4v) is 1.82. The van der Waals surface area contributed by atoms with Crippen molar-refractivity contribution in [1.29, 1.82) is 0 Å². The van der Waals surface area contributed by atoms with Crippen LogP contribution in [0.15, 0.2) is 40.8 Å². The minimum Gasteiger partial charge on any atom is -0.418 e. The van der Waals surface area contributed by atoms with Crippen molar-refractivity contribution >= 4 is 11.2 Å². The molecule has 0 unspecified atom stereocenters. The van der Waals surface area contributed by atoms with Crippen molar-refractivity contribution in [3.63, 3.8) is 0 Å². The van der Waals surface area contributed by atoms with Crippen LogP contribution >= 0.6 is 0 Å². The lowest BCUT2D eigenvalue weighted by molar-refractivity contribution is 0.607. The number of benzene rings is 1. The molecule has 3 aromatic rings. The van der Waals surface area contributed by atoms with Crippen LogP contribution in [-0.2, 0) is 6.54 Å². The van der Waals surface area contributed by atoms with Crippen molar-refractivity contribution in [3.8, 4) is 11.5 Å². The summed E-state index contributed by atoms with van der Waals surface area (Å²) in [5.74, 6) is 0.590. The third-order valence-electron chi connectivity index (χ3n) is 2.83. The molecule has 4 nitrogen and oxygen atoms in total. The van der Waals surface area contributed by atoms with Crippen LogP contribution in [0, 0.1) is 6.92 Å². The zero-order valence-corrected chi connectivity index (χ0v) is 10.1. The second-order valence-electron chi connectivity index (χ2n) is 4.20. The summed E-state index contributed by atoms with van der Waals surface area (Å²) in [5, 5.41) is 0. The summed E-state index contributed by atoms with van der Waals surface area (Å²) in [6, 6.07) is 11.7. The number of nitrogens with two attached hydrogens (primary N) is 1. The number of pyridine rings is 1. The predicted molar refractivity (Wildman–Crippen MR) is 69.9 cm³/mol. The van der Waals surface area contributed by atoms with Gasteiger partial charge in [0.2, 0.25) is 11.6 Å². The Hall–Kier alpha value is -2.20. The first-order chi connectivity index (χ1) is 8.76. The van der Waals surface area contributed by atoms with Gasteiger partial charge in [-0.2, -0.15) is 0 Å². The van der Waals surface area contributed by atoms with Gasteiger partial charge in [0.15, 0.2) is 0 Å². The van der Waals surface area contributed by atoms with Crippen LogP contribution < -0.4 is 5.73 Å². The van der Waals surface area contributed by atoms with Crippen LogP contribution in [-0.4, -0.2) is 9.97 Å². The summed E-state index contributed by atoms with van der Waals surface area (Å²) in [6.45, 7) is 2.46. The van der Waals surface area contributed by atoms with E-state index in [1.807, 2.05) is 43.3 Å². The number of hydrogen-bond acceptors (Lipinski definition) is 4. The van der Waals surface area contributed by atoms with Crippen LogP contribution in [0.3, 0.4) is 0 Å². The van der Waals surface area contributed by atoms with Crippen molar-refractivity contribution in [2.75, 3.05) is 0 Å². The lowest BCUT2D eigenvalue weighted by Gasteiger charge is -1.97. The highest BCUT2D eigenvalue weighted by molar-refractivity contribution is 5.72. The third kappa shape index (κ3) is 1.87. The van der Waals surface area contributed by atoms with Gasteiger partial charge >= 0.3 is 0 Å². The van der Waals surface area contributed by atoms with Gasteiger partial charge in [-0.15, -0.1) is 0 Å². The van der Waals surface area contributed by atoms with Crippen molar-refractivity contribution in [3.05, 3.63) is 47.7 Å². The van der Waals surface area contributed by atoms with Crippen molar-refractivity contribution in [1.82, 2.24) is 9.97 Å². The molecule has 0 aliphatic carbocycles. The Labute approximate surface area is 104 Å². The zero-order valence-electron chi connectivity index (χ0n) is 10.1. The summed E-state index contributed by atoms with van der Waals surface area (Å²) in [4.78, 5) is 8.73. The SMILES string of the molecule is Cc1ccc2nc(-c3ccc(CN)cc3)oc2n1. The number of fused-ring (bicyclic) bond motifs is 1. The topological polar surface area (TPSA) is 64.9 Å². The Bertz CT molecular complexity index is 686. The van der Waals surface area contributed by atoms with Gasteiger partial charge in [0.05, 0.1) is 0 Å². The Morgan fingerprint density at radius 1 is 1.06 bits per heavy atom. The summed E-state index contributed by atoms with van der Waals surface area (Å²) in [6.07, 6.45) is 0. The average molecular weight is 239 g/mol. The van der Waals surface area contributed by atoms with Gasteiger partial charge in [-0.1, -0.05) is 12.1 Å². The number of hydrogen-bond donors (Lipinski definition) is 1. The van der Waals surface area contributed by atoms with Gasteiger partial charge in [-0.3, -0.25) is 0 Å². The van der Waals surface area contributed by atoms with E-state index in [0.29, 0.717) is 18.1 Å². The van der Waals surface area contributed by atoms with E-state index < -0.39 is 0 Å². The molecule has 0 atom stereocenters. The molecule has 0 saturated carbocycles. The molecule has 1 aromatic carbocycles. The van der Waals surface area contributed by atoms with Crippen molar-refractivity contribution in [2.45, 2.75) is 13.5 Å². The van der Waals surface area contributed by atoms with Crippen molar-refractivity contribution in [2.24, 2.45) is 5.73 Å². The first kappa shape index (κ1) is 10.9. The number of rotatable bonds is 2. The summed E-state index contributed by atoms with van der Waals surface area (Å²) >= 11 is 0. The second-order valence-corrected chi connectivity index (χ2v) is 4.20. The number of aromatic nitrogens is 2. The maximum Gasteiger partial charge on any atom is 0.247 e. The molecule has 0 amide bonds. The molecule has 0 saturated heterocycles. The first-order valence-electron chi connectivity index (χ1n) is 5.80. The largest absolute Gasteiger partial charge is 0.418 e. The van der Waals surface area contributed by atoms with Gasteiger partial charge in [0, 0.05) is 17.8 Å². The second kappa shape index (κ2) is 4.23. The van der Waals surface area contributed by atoms with E-state index in [1.54, 1.807) is 0 Å². The van der Waals surface area contributed by atoms with Crippen molar-refractivity contribution < 1.29 is 4.42 Å². The van der Waals surface area contributed by atoms with E-state index in [2.05, 4.69) is 9.97 Å². The summed E-state index contributed by atoms with van der Waals surface area (Å²) in [7, 11) is 0. The highest BCUT2D eigenvalue weighted by atomic mass is 16.4. The molecule has 2 aromatic heterocycles. The van der Waals surface area contributed by atoms with E-state index >= 15 is 0 Å². The highest BCUT2D eigenvalue weighted by Crippen LogP contribution is 2.23. The molecule has 90 valence electrons. The number of oxazole rings is 1. The lowest BCUT2D eigenvalue weighted by Crippen LogP contribution is -1.95. The Morgan fingerprint density at radius 2 is 1.83 bits per heavy atom. The third-order valence-corrected chi connectivity index (χ3v) is 2.83. The average Bonchev–Trinajstić information content (AvgIpc) is 2.81. The Balaban J connectivity index is 2.07. The standard InChI is InChI=1S/C14H13N3O/c1-9-2-7-12-14(16-9)18-13(17-12)11-5-3-10(8-15)4-6-11/h2-7H,8,15H2,1H3. The lowest BCUT2D eigenvalue weighted by atomic mass is 10.1. The van der Waals surface area contributed by atoms with E-state index in [1.165, 1.54) is 0 Å². The van der Waals surface area contributed by atoms with E-state index in [0.717, 1.165) is 22.3 Å². The van der Waals surface area contributed by atoms with Gasteiger partial charge in [0.25, 0.3) is 0 Å². The maximum atomic E-state index is 5.65. The van der Waals surface area contributed by atoms with Gasteiger partial charge in [-0.05, 0) is 36.8 Å². The Morgan fingerprint density at radius 3 is 2.56 bits per heavy atom. The number of aryl methyl sites for hydroxylation is 1. The Kier molecular flexibility index (Phi) is 2.57. The molecule has 0 aliphatic heterocycles. The van der Waals surface area contributed by atoms with Gasteiger partial charge < -0.3 is 10.2 Å². The molecule has 0 bridgehead atoms. The molecule has 0 fully saturated rings. The quantitative estimate of drug-likeness (QED) is 0.746. The van der Waals surface area contributed by atoms with E-state index in [4.69, 9.17) is 10.2 Å². The minimum atomic E-state index is 0.536. The minimum absolute atomic E-state index is 0.536. The van der Waals surface area contributed by atoms with Crippen LogP contribution in [0.2, 0.25) is 0 Å². The molecule has 0 radical (unpaired) electrons. The van der Waals surface area contributed by atoms with Gasteiger partial charge in [0.1, 0.15) is 5.52 Å².